The number of esters is 2. The summed E-state index contributed by atoms with van der Waals surface area (Å²) in [5, 5.41) is 2.13. The lowest BCUT2D eigenvalue weighted by Crippen LogP contribution is -2.39. The van der Waals surface area contributed by atoms with Gasteiger partial charge in [-0.25, -0.2) is 9.59 Å². The summed E-state index contributed by atoms with van der Waals surface area (Å²) in [7, 11) is 0. The minimum absolute atomic E-state index is 0.0129. The molecule has 1 aliphatic rings. The monoisotopic (exact) mass is 407 g/mol. The highest BCUT2D eigenvalue weighted by Gasteiger charge is 2.46. The van der Waals surface area contributed by atoms with Crippen molar-refractivity contribution in [3.8, 4) is 11.8 Å². The predicted molar refractivity (Wildman–Crippen MR) is 99.0 cm³/mol. The number of halogens is 3. The molecule has 1 N–H and O–H groups in total. The van der Waals surface area contributed by atoms with Crippen LogP contribution in [-0.4, -0.2) is 31.3 Å². The van der Waals surface area contributed by atoms with Crippen molar-refractivity contribution in [2.75, 3.05) is 13.2 Å². The fraction of sp³-hybridized carbons (Fsp3) is 0.333. The quantitative estimate of drug-likeness (QED) is 0.612. The molecule has 2 rings (SSSR count). The van der Waals surface area contributed by atoms with Gasteiger partial charge >= 0.3 is 18.1 Å². The molecule has 0 saturated heterocycles. The predicted octanol–water partition coefficient (Wildman–Crippen LogP) is 3.47. The molecule has 0 fully saturated rings. The SMILES string of the molecule is CCOC(=O)C1=C(C)NC(C(F)(F)F)=C(C(=O)OCC)[C@H]1C#Cc1ccccc1. The second-order valence-corrected chi connectivity index (χ2v) is 5.96. The van der Waals surface area contributed by atoms with Crippen molar-refractivity contribution in [2.24, 2.45) is 5.92 Å². The summed E-state index contributed by atoms with van der Waals surface area (Å²) in [6, 6.07) is 8.50. The lowest BCUT2D eigenvalue weighted by atomic mass is 9.85. The van der Waals surface area contributed by atoms with Gasteiger partial charge in [0.2, 0.25) is 0 Å². The zero-order valence-electron chi connectivity index (χ0n) is 16.1. The molecule has 1 heterocycles. The molecular weight excluding hydrogens is 387 g/mol. The smallest absolute Gasteiger partial charge is 0.431 e. The van der Waals surface area contributed by atoms with Crippen molar-refractivity contribution < 1.29 is 32.2 Å². The van der Waals surface area contributed by atoms with Gasteiger partial charge in [0, 0.05) is 11.3 Å². The molecule has 0 spiro atoms. The first-order chi connectivity index (χ1) is 13.7. The highest BCUT2D eigenvalue weighted by molar-refractivity contribution is 5.99. The van der Waals surface area contributed by atoms with Crippen LogP contribution in [0.4, 0.5) is 13.2 Å². The van der Waals surface area contributed by atoms with Gasteiger partial charge in [-0.2, -0.15) is 13.2 Å². The molecule has 0 radical (unpaired) electrons. The fourth-order valence-corrected chi connectivity index (χ4v) is 2.78. The van der Waals surface area contributed by atoms with Crippen LogP contribution in [0, 0.1) is 17.8 Å². The lowest BCUT2D eigenvalue weighted by molar-refractivity contribution is -0.141. The summed E-state index contributed by atoms with van der Waals surface area (Å²) >= 11 is 0. The van der Waals surface area contributed by atoms with E-state index >= 15 is 0 Å². The molecule has 0 unspecified atom stereocenters. The number of dihydropyridines is 1. The molecule has 1 aromatic rings. The molecule has 29 heavy (non-hydrogen) atoms. The van der Waals surface area contributed by atoms with Gasteiger partial charge in [0.05, 0.1) is 30.3 Å². The van der Waals surface area contributed by atoms with E-state index in [-0.39, 0.29) is 24.5 Å². The maximum absolute atomic E-state index is 13.7. The van der Waals surface area contributed by atoms with Crippen molar-refractivity contribution in [3.63, 3.8) is 0 Å². The van der Waals surface area contributed by atoms with Crippen molar-refractivity contribution in [3.05, 3.63) is 58.4 Å². The summed E-state index contributed by atoms with van der Waals surface area (Å²) < 4.78 is 50.8. The van der Waals surface area contributed by atoms with Crippen molar-refractivity contribution in [2.45, 2.75) is 26.9 Å². The standard InChI is InChI=1S/C21H20F3NO4/c1-4-28-19(26)16-13(3)25-18(21(22,23)24)17(20(27)29-5-2)15(16)12-11-14-9-7-6-8-10-14/h6-10,15,25H,4-5H2,1-3H3/t15-/m0/s1. The molecule has 8 heteroatoms. The summed E-state index contributed by atoms with van der Waals surface area (Å²) in [5.41, 5.74) is -1.79. The van der Waals surface area contributed by atoms with Crippen LogP contribution < -0.4 is 5.32 Å². The van der Waals surface area contributed by atoms with Crippen LogP contribution in [0.2, 0.25) is 0 Å². The Morgan fingerprint density at radius 1 is 1.03 bits per heavy atom. The molecule has 0 amide bonds. The number of benzene rings is 1. The van der Waals surface area contributed by atoms with Gasteiger partial charge in [-0.1, -0.05) is 30.0 Å². The van der Waals surface area contributed by atoms with Gasteiger partial charge in [0.15, 0.2) is 0 Å². The Morgan fingerprint density at radius 2 is 1.59 bits per heavy atom. The molecular formula is C21H20F3NO4. The number of nitrogens with one attached hydrogen (secondary N) is 1. The highest BCUT2D eigenvalue weighted by atomic mass is 19.4. The maximum atomic E-state index is 13.7. The Balaban J connectivity index is 2.70. The van der Waals surface area contributed by atoms with Crippen LogP contribution in [0.3, 0.4) is 0 Å². The Kier molecular flexibility index (Phi) is 7.10. The van der Waals surface area contributed by atoms with Crippen molar-refractivity contribution in [1.82, 2.24) is 5.32 Å². The fourth-order valence-electron chi connectivity index (χ4n) is 2.78. The number of rotatable bonds is 4. The molecule has 5 nitrogen and oxygen atoms in total. The number of ether oxygens (including phenoxy) is 2. The molecule has 1 aromatic carbocycles. The number of hydrogen-bond acceptors (Lipinski definition) is 5. The Hall–Kier alpha value is -3.21. The van der Waals surface area contributed by atoms with Crippen LogP contribution in [0.25, 0.3) is 0 Å². The molecule has 0 aliphatic carbocycles. The molecule has 1 atom stereocenters. The van der Waals surface area contributed by atoms with Crippen molar-refractivity contribution >= 4 is 11.9 Å². The molecule has 154 valence electrons. The summed E-state index contributed by atoms with van der Waals surface area (Å²) in [6.07, 6.45) is -4.88. The molecule has 0 aromatic heterocycles. The average molecular weight is 407 g/mol. The van der Waals surface area contributed by atoms with Crippen LogP contribution >= 0.6 is 0 Å². The second-order valence-electron chi connectivity index (χ2n) is 5.96. The van der Waals surface area contributed by atoms with Gasteiger partial charge in [0.25, 0.3) is 0 Å². The van der Waals surface area contributed by atoms with Crippen LogP contribution in [-0.2, 0) is 19.1 Å². The zero-order chi connectivity index (χ0) is 21.6. The minimum Gasteiger partial charge on any atom is -0.463 e. The van der Waals surface area contributed by atoms with E-state index in [1.807, 2.05) is 0 Å². The van der Waals surface area contributed by atoms with Gasteiger partial charge in [-0.05, 0) is 32.9 Å². The topological polar surface area (TPSA) is 64.6 Å². The van der Waals surface area contributed by atoms with Crippen LogP contribution in [0.15, 0.2) is 52.9 Å². The van der Waals surface area contributed by atoms with Crippen molar-refractivity contribution in [1.29, 1.82) is 0 Å². The number of allylic oxidation sites excluding steroid dienone is 2. The third-order valence-corrected chi connectivity index (χ3v) is 3.97. The second kappa shape index (κ2) is 9.32. The molecule has 0 saturated carbocycles. The van der Waals surface area contributed by atoms with E-state index in [0.29, 0.717) is 5.56 Å². The number of carbonyl (C=O) groups excluding carboxylic acids is 2. The number of carbonyl (C=O) groups is 2. The number of hydrogen-bond donors (Lipinski definition) is 1. The number of alkyl halides is 3. The minimum atomic E-state index is -4.88. The molecule has 0 bridgehead atoms. The van der Waals surface area contributed by atoms with E-state index in [1.54, 1.807) is 37.3 Å². The van der Waals surface area contributed by atoms with Crippen LogP contribution in [0.5, 0.6) is 0 Å². The lowest BCUT2D eigenvalue weighted by Gasteiger charge is -2.29. The highest BCUT2D eigenvalue weighted by Crippen LogP contribution is 2.38. The summed E-state index contributed by atoms with van der Waals surface area (Å²) in [6.45, 7) is 4.22. The zero-order valence-corrected chi connectivity index (χ0v) is 16.1. The third kappa shape index (κ3) is 5.19. The van der Waals surface area contributed by atoms with Gasteiger partial charge in [-0.15, -0.1) is 0 Å². The first-order valence-corrected chi connectivity index (χ1v) is 8.90. The normalized spacial score (nSPS) is 16.6. The van der Waals surface area contributed by atoms with E-state index in [0.717, 1.165) is 0 Å². The maximum Gasteiger partial charge on any atom is 0.431 e. The average Bonchev–Trinajstić information content (AvgIpc) is 2.66. The van der Waals surface area contributed by atoms with E-state index in [2.05, 4.69) is 17.2 Å². The molecule has 1 aliphatic heterocycles. The first-order valence-electron chi connectivity index (χ1n) is 8.90. The van der Waals surface area contributed by atoms with E-state index in [1.165, 1.54) is 13.8 Å². The first kappa shape index (κ1) is 22.1. The van der Waals surface area contributed by atoms with Crippen LogP contribution in [0.1, 0.15) is 26.3 Å². The van der Waals surface area contributed by atoms with E-state index in [4.69, 9.17) is 9.47 Å². The Labute approximate surface area is 166 Å². The summed E-state index contributed by atoms with van der Waals surface area (Å²) in [4.78, 5) is 24.9. The Morgan fingerprint density at radius 3 is 2.10 bits per heavy atom. The van der Waals surface area contributed by atoms with E-state index in [9.17, 15) is 22.8 Å². The largest absolute Gasteiger partial charge is 0.463 e. The summed E-state index contributed by atoms with van der Waals surface area (Å²) in [5.74, 6) is 1.85. The third-order valence-electron chi connectivity index (χ3n) is 3.97. The van der Waals surface area contributed by atoms with E-state index < -0.39 is 35.3 Å². The Bertz CT molecular complexity index is 905. The van der Waals surface area contributed by atoms with Gasteiger partial charge in [-0.3, -0.25) is 0 Å². The van der Waals surface area contributed by atoms with Gasteiger partial charge < -0.3 is 14.8 Å². The van der Waals surface area contributed by atoms with Gasteiger partial charge in [0.1, 0.15) is 5.70 Å².